The molecule has 0 amide bonds. The van der Waals surface area contributed by atoms with E-state index >= 15 is 0 Å². The van der Waals surface area contributed by atoms with Crippen molar-refractivity contribution in [1.29, 1.82) is 0 Å². The monoisotopic (exact) mass is 171 g/mol. The number of benzene rings is 1. The maximum atomic E-state index is 11.7. The first-order chi connectivity index (χ1) is 6.38. The topological polar surface area (TPSA) is 22.0 Å². The Hall–Kier alpha value is -1.83. The van der Waals surface area contributed by atoms with Crippen LogP contribution in [-0.4, -0.2) is 10.5 Å². The molecule has 2 nitrogen and oxygen atoms in total. The van der Waals surface area contributed by atoms with Crippen LogP contribution >= 0.6 is 0 Å². The molecule has 0 saturated carbocycles. The molecule has 0 aliphatic heterocycles. The van der Waals surface area contributed by atoms with Crippen molar-refractivity contribution in [3.05, 3.63) is 60.4 Å². The Morgan fingerprint density at radius 3 is 2.15 bits per heavy atom. The summed E-state index contributed by atoms with van der Waals surface area (Å²) in [4.78, 5) is 11.7. The van der Waals surface area contributed by atoms with Crippen LogP contribution in [0.4, 0.5) is 0 Å². The van der Waals surface area contributed by atoms with Crippen molar-refractivity contribution in [2.45, 2.75) is 0 Å². The van der Waals surface area contributed by atoms with Gasteiger partial charge in [0.2, 0.25) is 0 Å². The lowest BCUT2D eigenvalue weighted by Gasteiger charge is -1.99. The number of aromatic nitrogens is 1. The van der Waals surface area contributed by atoms with Gasteiger partial charge in [-0.05, 0) is 24.3 Å². The van der Waals surface area contributed by atoms with Gasteiger partial charge in [0.1, 0.15) is 0 Å². The zero-order chi connectivity index (χ0) is 9.10. The summed E-state index contributed by atoms with van der Waals surface area (Å²) in [5.41, 5.74) is 0.707. The molecule has 0 saturated heterocycles. The molecule has 64 valence electrons. The third-order valence-corrected chi connectivity index (χ3v) is 1.86. The predicted molar refractivity (Wildman–Crippen MR) is 50.6 cm³/mol. The second kappa shape index (κ2) is 3.27. The van der Waals surface area contributed by atoms with E-state index in [2.05, 4.69) is 0 Å². The molecular formula is C11H9NO. The van der Waals surface area contributed by atoms with Crippen LogP contribution in [0.3, 0.4) is 0 Å². The number of carbonyl (C=O) groups excluding carboxylic acids is 1. The van der Waals surface area contributed by atoms with Crippen molar-refractivity contribution >= 4 is 5.91 Å². The molecule has 2 heteroatoms. The molecule has 1 aromatic carbocycles. The van der Waals surface area contributed by atoms with Crippen LogP contribution in [0.2, 0.25) is 0 Å². The van der Waals surface area contributed by atoms with Crippen LogP contribution in [0, 0.1) is 0 Å². The quantitative estimate of drug-likeness (QED) is 0.644. The maximum Gasteiger partial charge on any atom is 0.261 e. The van der Waals surface area contributed by atoms with E-state index in [4.69, 9.17) is 0 Å². The summed E-state index contributed by atoms with van der Waals surface area (Å²) < 4.78 is 1.56. The highest BCUT2D eigenvalue weighted by atomic mass is 16.2. The fourth-order valence-electron chi connectivity index (χ4n) is 1.20. The van der Waals surface area contributed by atoms with Gasteiger partial charge in [0.25, 0.3) is 5.91 Å². The Kier molecular flexibility index (Phi) is 1.96. The first-order valence-electron chi connectivity index (χ1n) is 4.10. The number of rotatable bonds is 1. The molecular weight excluding hydrogens is 162 g/mol. The SMILES string of the molecule is O=C(c1ccccc1)n1cccc1. The van der Waals surface area contributed by atoms with Crippen LogP contribution in [0.15, 0.2) is 54.9 Å². The summed E-state index contributed by atoms with van der Waals surface area (Å²) in [6.07, 6.45) is 3.49. The van der Waals surface area contributed by atoms with Crippen LogP contribution in [0.25, 0.3) is 0 Å². The molecule has 0 unspecified atom stereocenters. The molecule has 2 rings (SSSR count). The van der Waals surface area contributed by atoms with Gasteiger partial charge in [0.15, 0.2) is 0 Å². The van der Waals surface area contributed by atoms with E-state index in [0.29, 0.717) is 5.56 Å². The van der Waals surface area contributed by atoms with Gasteiger partial charge in [-0.3, -0.25) is 9.36 Å². The number of hydrogen-bond acceptors (Lipinski definition) is 1. The fraction of sp³-hybridized carbons (Fsp3) is 0. The number of hydrogen-bond donors (Lipinski definition) is 0. The van der Waals surface area contributed by atoms with Crippen LogP contribution < -0.4 is 0 Å². The second-order valence-electron chi connectivity index (χ2n) is 2.76. The van der Waals surface area contributed by atoms with Gasteiger partial charge < -0.3 is 0 Å². The fourth-order valence-corrected chi connectivity index (χ4v) is 1.20. The first-order valence-corrected chi connectivity index (χ1v) is 4.10. The van der Waals surface area contributed by atoms with E-state index in [1.54, 1.807) is 17.0 Å². The minimum absolute atomic E-state index is 0.00519. The Morgan fingerprint density at radius 2 is 1.54 bits per heavy atom. The Bertz CT molecular complexity index is 389. The maximum absolute atomic E-state index is 11.7. The third kappa shape index (κ3) is 1.51. The highest BCUT2D eigenvalue weighted by molar-refractivity contribution is 5.95. The predicted octanol–water partition coefficient (Wildman–Crippen LogP) is 2.18. The smallest absolute Gasteiger partial charge is 0.261 e. The van der Waals surface area contributed by atoms with Crippen molar-refractivity contribution in [2.75, 3.05) is 0 Å². The van der Waals surface area contributed by atoms with Crippen molar-refractivity contribution in [2.24, 2.45) is 0 Å². The third-order valence-electron chi connectivity index (χ3n) is 1.86. The van der Waals surface area contributed by atoms with Crippen molar-refractivity contribution < 1.29 is 4.79 Å². The Morgan fingerprint density at radius 1 is 0.923 bits per heavy atom. The molecule has 0 aliphatic carbocycles. The normalized spacial score (nSPS) is 9.85. The summed E-state index contributed by atoms with van der Waals surface area (Å²) in [7, 11) is 0. The zero-order valence-electron chi connectivity index (χ0n) is 7.05. The number of carbonyl (C=O) groups is 1. The highest BCUT2D eigenvalue weighted by Crippen LogP contribution is 2.02. The lowest BCUT2D eigenvalue weighted by molar-refractivity contribution is 0.0960. The van der Waals surface area contributed by atoms with Gasteiger partial charge in [-0.1, -0.05) is 18.2 Å². The van der Waals surface area contributed by atoms with E-state index in [1.807, 2.05) is 42.5 Å². The van der Waals surface area contributed by atoms with E-state index < -0.39 is 0 Å². The van der Waals surface area contributed by atoms with Crippen molar-refractivity contribution in [1.82, 2.24) is 4.57 Å². The molecule has 0 atom stereocenters. The summed E-state index contributed by atoms with van der Waals surface area (Å²) >= 11 is 0. The van der Waals surface area contributed by atoms with Gasteiger partial charge >= 0.3 is 0 Å². The van der Waals surface area contributed by atoms with E-state index in [0.717, 1.165) is 0 Å². The molecule has 1 heterocycles. The van der Waals surface area contributed by atoms with Crippen molar-refractivity contribution in [3.8, 4) is 0 Å². The molecule has 0 fully saturated rings. The van der Waals surface area contributed by atoms with Gasteiger partial charge in [0.05, 0.1) is 0 Å². The average molecular weight is 171 g/mol. The first kappa shape index (κ1) is 7.80. The molecule has 0 aliphatic rings. The lowest BCUT2D eigenvalue weighted by Crippen LogP contribution is -2.08. The Labute approximate surface area is 76.4 Å². The lowest BCUT2D eigenvalue weighted by atomic mass is 10.2. The summed E-state index contributed by atoms with van der Waals surface area (Å²) in [5.74, 6) is 0.00519. The standard InChI is InChI=1S/C11H9NO/c13-11(12-8-4-5-9-12)10-6-2-1-3-7-10/h1-9H. The molecule has 13 heavy (non-hydrogen) atoms. The number of nitrogens with zero attached hydrogens (tertiary/aromatic N) is 1. The minimum atomic E-state index is 0.00519. The van der Waals surface area contributed by atoms with E-state index in [1.165, 1.54) is 0 Å². The van der Waals surface area contributed by atoms with Gasteiger partial charge in [-0.2, -0.15) is 0 Å². The van der Waals surface area contributed by atoms with Gasteiger partial charge in [0, 0.05) is 18.0 Å². The Balaban J connectivity index is 2.34. The van der Waals surface area contributed by atoms with Crippen LogP contribution in [0.5, 0.6) is 0 Å². The summed E-state index contributed by atoms with van der Waals surface area (Å²) in [5, 5.41) is 0. The largest absolute Gasteiger partial charge is 0.291 e. The minimum Gasteiger partial charge on any atom is -0.291 e. The molecule has 2 aromatic rings. The van der Waals surface area contributed by atoms with E-state index in [-0.39, 0.29) is 5.91 Å². The van der Waals surface area contributed by atoms with Crippen LogP contribution in [0.1, 0.15) is 10.4 Å². The molecule has 0 bridgehead atoms. The zero-order valence-corrected chi connectivity index (χ0v) is 7.05. The summed E-state index contributed by atoms with van der Waals surface area (Å²) in [6, 6.07) is 12.9. The average Bonchev–Trinajstić information content (AvgIpc) is 2.71. The molecule has 0 N–H and O–H groups in total. The molecule has 0 spiro atoms. The van der Waals surface area contributed by atoms with Crippen molar-refractivity contribution in [3.63, 3.8) is 0 Å². The summed E-state index contributed by atoms with van der Waals surface area (Å²) in [6.45, 7) is 0. The van der Waals surface area contributed by atoms with Gasteiger partial charge in [-0.15, -0.1) is 0 Å². The molecule has 1 aromatic heterocycles. The second-order valence-corrected chi connectivity index (χ2v) is 2.76. The van der Waals surface area contributed by atoms with Crippen LogP contribution in [-0.2, 0) is 0 Å². The highest BCUT2D eigenvalue weighted by Gasteiger charge is 2.04. The van der Waals surface area contributed by atoms with E-state index in [9.17, 15) is 4.79 Å². The molecule has 0 radical (unpaired) electrons. The van der Waals surface area contributed by atoms with Gasteiger partial charge in [-0.25, -0.2) is 0 Å².